The number of sulfonamides is 1. The molecule has 112 valence electrons. The second-order valence-corrected chi connectivity index (χ2v) is 6.82. The molecule has 21 heavy (non-hydrogen) atoms. The van der Waals surface area contributed by atoms with Gasteiger partial charge in [-0.2, -0.15) is 0 Å². The molecular formula is C16H20N2O2S. The van der Waals surface area contributed by atoms with Crippen LogP contribution in [-0.2, 0) is 16.4 Å². The molecule has 2 rings (SSSR count). The average molecular weight is 304 g/mol. The molecular weight excluding hydrogens is 284 g/mol. The highest BCUT2D eigenvalue weighted by molar-refractivity contribution is 7.89. The lowest BCUT2D eigenvalue weighted by molar-refractivity contribution is 0.580. The Morgan fingerprint density at radius 1 is 1.05 bits per heavy atom. The number of nitrogen functional groups attached to an aromatic ring is 1. The number of nitrogens with one attached hydrogen (secondary N) is 1. The fourth-order valence-electron chi connectivity index (χ4n) is 2.45. The topological polar surface area (TPSA) is 72.2 Å². The van der Waals surface area contributed by atoms with Crippen molar-refractivity contribution in [3.63, 3.8) is 0 Å². The van der Waals surface area contributed by atoms with E-state index in [9.17, 15) is 8.42 Å². The average Bonchev–Trinajstić information content (AvgIpc) is 2.38. The first-order chi connectivity index (χ1) is 9.90. The highest BCUT2D eigenvalue weighted by Gasteiger charge is 2.19. The van der Waals surface area contributed by atoms with Gasteiger partial charge in [0.15, 0.2) is 0 Å². The smallest absolute Gasteiger partial charge is 0.241 e. The second-order valence-electron chi connectivity index (χ2n) is 5.12. The zero-order valence-corrected chi connectivity index (χ0v) is 13.1. The van der Waals surface area contributed by atoms with Gasteiger partial charge in [-0.15, -0.1) is 0 Å². The zero-order valence-electron chi connectivity index (χ0n) is 12.3. The van der Waals surface area contributed by atoms with E-state index in [1.807, 2.05) is 30.3 Å². The molecule has 2 aromatic rings. The minimum Gasteiger partial charge on any atom is -0.399 e. The molecule has 0 atom stereocenters. The van der Waals surface area contributed by atoms with Gasteiger partial charge in [-0.1, -0.05) is 30.3 Å². The van der Waals surface area contributed by atoms with Gasteiger partial charge in [0.2, 0.25) is 10.0 Å². The van der Waals surface area contributed by atoms with Crippen molar-refractivity contribution in [2.75, 3.05) is 12.3 Å². The summed E-state index contributed by atoms with van der Waals surface area (Å²) in [6.45, 7) is 3.89. The van der Waals surface area contributed by atoms with Crippen molar-refractivity contribution in [2.45, 2.75) is 25.2 Å². The Hall–Kier alpha value is -1.85. The normalized spacial score (nSPS) is 11.5. The first-order valence-electron chi connectivity index (χ1n) is 6.80. The van der Waals surface area contributed by atoms with Gasteiger partial charge in [0.25, 0.3) is 0 Å². The summed E-state index contributed by atoms with van der Waals surface area (Å²) >= 11 is 0. The van der Waals surface area contributed by atoms with E-state index in [1.54, 1.807) is 26.0 Å². The number of hydrogen-bond acceptors (Lipinski definition) is 3. The Bertz CT molecular complexity index is 702. The number of rotatable bonds is 5. The zero-order chi connectivity index (χ0) is 15.5. The van der Waals surface area contributed by atoms with Crippen LogP contribution in [0.15, 0.2) is 47.4 Å². The minimum atomic E-state index is -3.51. The van der Waals surface area contributed by atoms with Gasteiger partial charge in [0.05, 0.1) is 4.90 Å². The summed E-state index contributed by atoms with van der Waals surface area (Å²) in [6, 6.07) is 13.1. The van der Waals surface area contributed by atoms with Crippen molar-refractivity contribution in [3.05, 3.63) is 59.2 Å². The summed E-state index contributed by atoms with van der Waals surface area (Å²) in [6.07, 6.45) is 0.660. The number of nitrogens with two attached hydrogens (primary N) is 1. The van der Waals surface area contributed by atoms with Gasteiger partial charge < -0.3 is 5.73 Å². The van der Waals surface area contributed by atoms with Crippen LogP contribution in [0.3, 0.4) is 0 Å². The van der Waals surface area contributed by atoms with Crippen molar-refractivity contribution in [3.8, 4) is 0 Å². The first kappa shape index (κ1) is 15.5. The molecule has 0 radical (unpaired) electrons. The standard InChI is InChI=1S/C16H20N2O2S/c1-12-10-15(17)11-13(2)16(12)21(19,20)18-9-8-14-6-4-3-5-7-14/h3-7,10-11,18H,8-9,17H2,1-2H3. The van der Waals surface area contributed by atoms with Crippen LogP contribution < -0.4 is 10.5 Å². The molecule has 5 heteroatoms. The van der Waals surface area contributed by atoms with Crippen LogP contribution in [0.5, 0.6) is 0 Å². The number of hydrogen-bond donors (Lipinski definition) is 2. The summed E-state index contributed by atoms with van der Waals surface area (Å²) in [5.74, 6) is 0. The van der Waals surface area contributed by atoms with Crippen LogP contribution in [0.1, 0.15) is 16.7 Å². The van der Waals surface area contributed by atoms with Crippen LogP contribution in [0.2, 0.25) is 0 Å². The van der Waals surface area contributed by atoms with E-state index in [-0.39, 0.29) is 0 Å². The van der Waals surface area contributed by atoms with Crippen LogP contribution in [0.25, 0.3) is 0 Å². The summed E-state index contributed by atoms with van der Waals surface area (Å²) in [5, 5.41) is 0. The Kier molecular flexibility index (Phi) is 4.65. The molecule has 2 aromatic carbocycles. The maximum absolute atomic E-state index is 12.4. The lowest BCUT2D eigenvalue weighted by Crippen LogP contribution is -2.27. The molecule has 0 spiro atoms. The van der Waals surface area contributed by atoms with Gasteiger partial charge in [0, 0.05) is 12.2 Å². The van der Waals surface area contributed by atoms with E-state index in [1.165, 1.54) is 0 Å². The Morgan fingerprint density at radius 2 is 1.62 bits per heavy atom. The summed E-state index contributed by atoms with van der Waals surface area (Å²) in [7, 11) is -3.51. The minimum absolute atomic E-state index is 0.324. The van der Waals surface area contributed by atoms with Crippen molar-refractivity contribution in [2.24, 2.45) is 0 Å². The Morgan fingerprint density at radius 3 is 2.19 bits per heavy atom. The van der Waals surface area contributed by atoms with Crippen molar-refractivity contribution in [1.29, 1.82) is 0 Å². The molecule has 0 aliphatic heterocycles. The summed E-state index contributed by atoms with van der Waals surface area (Å²) in [4.78, 5) is 0.324. The predicted octanol–water partition coefficient (Wildman–Crippen LogP) is 2.41. The van der Waals surface area contributed by atoms with E-state index < -0.39 is 10.0 Å². The van der Waals surface area contributed by atoms with E-state index in [2.05, 4.69) is 4.72 Å². The van der Waals surface area contributed by atoms with Crippen molar-refractivity contribution >= 4 is 15.7 Å². The molecule has 0 heterocycles. The van der Waals surface area contributed by atoms with Gasteiger partial charge in [0.1, 0.15) is 0 Å². The monoisotopic (exact) mass is 304 g/mol. The quantitative estimate of drug-likeness (QED) is 0.833. The first-order valence-corrected chi connectivity index (χ1v) is 8.29. The van der Waals surface area contributed by atoms with E-state index in [0.29, 0.717) is 34.7 Å². The molecule has 0 saturated carbocycles. The van der Waals surface area contributed by atoms with Gasteiger partial charge in [-0.25, -0.2) is 13.1 Å². The molecule has 0 aliphatic carbocycles. The van der Waals surface area contributed by atoms with Crippen LogP contribution in [0.4, 0.5) is 5.69 Å². The fraction of sp³-hybridized carbons (Fsp3) is 0.250. The molecule has 0 saturated heterocycles. The number of aryl methyl sites for hydroxylation is 2. The number of anilines is 1. The summed E-state index contributed by atoms with van der Waals surface area (Å²) in [5.41, 5.74) is 8.75. The lowest BCUT2D eigenvalue weighted by Gasteiger charge is -2.13. The Labute approximate surface area is 126 Å². The van der Waals surface area contributed by atoms with Crippen molar-refractivity contribution < 1.29 is 8.42 Å². The molecule has 0 aliphatic rings. The fourth-order valence-corrected chi connectivity index (χ4v) is 3.93. The second kappa shape index (κ2) is 6.28. The molecule has 0 amide bonds. The third kappa shape index (κ3) is 3.83. The molecule has 0 unspecified atom stereocenters. The van der Waals surface area contributed by atoms with Crippen LogP contribution in [-0.4, -0.2) is 15.0 Å². The van der Waals surface area contributed by atoms with Crippen molar-refractivity contribution in [1.82, 2.24) is 4.72 Å². The van der Waals surface area contributed by atoms with E-state index in [0.717, 1.165) is 5.56 Å². The Balaban J connectivity index is 2.12. The SMILES string of the molecule is Cc1cc(N)cc(C)c1S(=O)(=O)NCCc1ccccc1. The maximum Gasteiger partial charge on any atom is 0.241 e. The maximum atomic E-state index is 12.4. The molecule has 4 nitrogen and oxygen atoms in total. The van der Waals surface area contributed by atoms with Crippen LogP contribution >= 0.6 is 0 Å². The third-order valence-electron chi connectivity index (χ3n) is 3.30. The summed E-state index contributed by atoms with van der Waals surface area (Å²) < 4.78 is 27.5. The molecule has 3 N–H and O–H groups in total. The molecule has 0 fully saturated rings. The highest BCUT2D eigenvalue weighted by Crippen LogP contribution is 2.22. The third-order valence-corrected chi connectivity index (χ3v) is 5.07. The predicted molar refractivity (Wildman–Crippen MR) is 85.7 cm³/mol. The molecule has 0 aromatic heterocycles. The highest BCUT2D eigenvalue weighted by atomic mass is 32.2. The largest absolute Gasteiger partial charge is 0.399 e. The van der Waals surface area contributed by atoms with Crippen LogP contribution in [0, 0.1) is 13.8 Å². The van der Waals surface area contributed by atoms with E-state index in [4.69, 9.17) is 5.73 Å². The van der Waals surface area contributed by atoms with Gasteiger partial charge >= 0.3 is 0 Å². The lowest BCUT2D eigenvalue weighted by atomic mass is 10.1. The molecule has 0 bridgehead atoms. The van der Waals surface area contributed by atoms with Gasteiger partial charge in [-0.3, -0.25) is 0 Å². The number of benzene rings is 2. The van der Waals surface area contributed by atoms with Gasteiger partial charge in [-0.05, 0) is 49.1 Å². The van der Waals surface area contributed by atoms with E-state index >= 15 is 0 Å².